The zero-order valence-corrected chi connectivity index (χ0v) is 31.9. The number of anilines is 2. The van der Waals surface area contributed by atoms with Gasteiger partial charge in [-0.05, 0) is 96.8 Å². The summed E-state index contributed by atoms with van der Waals surface area (Å²) in [6, 6.07) is 62.2. The molecule has 0 aliphatic carbocycles. The average molecular weight is 747 g/mol. The quantitative estimate of drug-likeness (QED) is 0.157. The lowest BCUT2D eigenvalue weighted by Crippen LogP contribution is -1.95. The number of furan rings is 2. The van der Waals surface area contributed by atoms with Crippen LogP contribution in [0.25, 0.3) is 88.1 Å². The molecule has 0 spiro atoms. The molecule has 0 saturated carbocycles. The number of hydrogen-bond acceptors (Lipinski definition) is 3. The molecule has 0 unspecified atom stereocenters. The number of allylic oxidation sites excluding steroid dienone is 4. The van der Waals surface area contributed by atoms with E-state index in [1.807, 2.05) is 30.3 Å². The Balaban J connectivity index is 1.03. The standard InChI is InChI=1S/C54H38N2O2/c1-2-13-36(40-16-6-9-21-48(40)55-38-14-4-3-5-15-38)26-24-35-25-31-49-45(32-35)46-34-53-47(43-18-8-10-22-51(43)57-53)33-50(46)56(49)39-29-27-37(28-30-39)41-19-12-20-44-42-17-7-11-23-52(42)58-54(41)44/h2-23,25-34,55H,24H2,1H3/b13-2-,36-26+. The Kier molecular flexibility index (Phi) is 8.07. The maximum absolute atomic E-state index is 6.44. The van der Waals surface area contributed by atoms with Crippen LogP contribution in [-0.4, -0.2) is 4.57 Å². The molecule has 0 radical (unpaired) electrons. The van der Waals surface area contributed by atoms with E-state index in [2.05, 4.69) is 181 Å². The zero-order valence-electron chi connectivity index (χ0n) is 31.9. The molecule has 0 atom stereocenters. The molecule has 276 valence electrons. The largest absolute Gasteiger partial charge is 0.456 e. The Morgan fingerprint density at radius 1 is 0.552 bits per heavy atom. The molecule has 1 N–H and O–H groups in total. The van der Waals surface area contributed by atoms with Crippen molar-refractivity contribution in [2.24, 2.45) is 0 Å². The molecule has 0 fully saturated rings. The van der Waals surface area contributed by atoms with Crippen LogP contribution < -0.4 is 5.32 Å². The highest BCUT2D eigenvalue weighted by Gasteiger charge is 2.18. The molecule has 3 aromatic heterocycles. The van der Waals surface area contributed by atoms with Gasteiger partial charge in [0.2, 0.25) is 0 Å². The number of rotatable bonds is 8. The van der Waals surface area contributed by atoms with Crippen LogP contribution in [0.5, 0.6) is 0 Å². The molecule has 4 nitrogen and oxygen atoms in total. The van der Waals surface area contributed by atoms with Crippen molar-refractivity contribution >= 4 is 82.6 Å². The number of hydrogen-bond donors (Lipinski definition) is 1. The molecule has 11 rings (SSSR count). The zero-order chi connectivity index (χ0) is 38.6. The molecule has 4 heteroatoms. The second kappa shape index (κ2) is 13.9. The predicted octanol–water partition coefficient (Wildman–Crippen LogP) is 15.2. The third-order valence-electron chi connectivity index (χ3n) is 11.4. The first kappa shape index (κ1) is 33.8. The van der Waals surface area contributed by atoms with Crippen LogP contribution in [0.3, 0.4) is 0 Å². The molecular formula is C54H38N2O2. The van der Waals surface area contributed by atoms with Crippen LogP contribution in [0.2, 0.25) is 0 Å². The van der Waals surface area contributed by atoms with Gasteiger partial charge < -0.3 is 18.7 Å². The van der Waals surface area contributed by atoms with Crippen molar-refractivity contribution in [1.29, 1.82) is 0 Å². The van der Waals surface area contributed by atoms with Gasteiger partial charge in [0.1, 0.15) is 22.3 Å². The van der Waals surface area contributed by atoms with E-state index in [9.17, 15) is 0 Å². The Hall–Kier alpha value is -7.56. The fraction of sp³-hybridized carbons (Fsp3) is 0.0370. The van der Waals surface area contributed by atoms with E-state index in [1.54, 1.807) is 0 Å². The van der Waals surface area contributed by atoms with E-state index < -0.39 is 0 Å². The van der Waals surface area contributed by atoms with E-state index in [-0.39, 0.29) is 0 Å². The Morgan fingerprint density at radius 2 is 1.26 bits per heavy atom. The summed E-state index contributed by atoms with van der Waals surface area (Å²) < 4.78 is 15.3. The number of fused-ring (bicyclic) bond motifs is 9. The van der Waals surface area contributed by atoms with E-state index in [0.717, 1.165) is 100 Å². The van der Waals surface area contributed by atoms with Gasteiger partial charge in [0, 0.05) is 60.5 Å². The van der Waals surface area contributed by atoms with Gasteiger partial charge in [-0.1, -0.05) is 127 Å². The first-order valence-corrected chi connectivity index (χ1v) is 19.8. The van der Waals surface area contributed by atoms with Crippen molar-refractivity contribution in [3.63, 3.8) is 0 Å². The summed E-state index contributed by atoms with van der Waals surface area (Å²) in [6.07, 6.45) is 7.43. The molecule has 11 aromatic rings. The van der Waals surface area contributed by atoms with Crippen LogP contribution in [0, 0.1) is 0 Å². The lowest BCUT2D eigenvalue weighted by molar-refractivity contribution is 0.669. The summed E-state index contributed by atoms with van der Waals surface area (Å²) in [5.41, 5.74) is 14.9. The molecule has 0 aliphatic rings. The van der Waals surface area contributed by atoms with Crippen LogP contribution in [0.1, 0.15) is 18.1 Å². The van der Waals surface area contributed by atoms with Crippen molar-refractivity contribution in [3.8, 4) is 16.8 Å². The van der Waals surface area contributed by atoms with Gasteiger partial charge in [0.05, 0.1) is 11.0 Å². The molecule has 0 bridgehead atoms. The number of aromatic nitrogens is 1. The summed E-state index contributed by atoms with van der Waals surface area (Å²) in [5.74, 6) is 0. The minimum atomic E-state index is 0.775. The molecule has 58 heavy (non-hydrogen) atoms. The fourth-order valence-electron chi connectivity index (χ4n) is 8.65. The third-order valence-corrected chi connectivity index (χ3v) is 11.4. The second-order valence-corrected chi connectivity index (χ2v) is 14.9. The van der Waals surface area contributed by atoms with Crippen molar-refractivity contribution in [1.82, 2.24) is 4.57 Å². The molecule has 3 heterocycles. The molecule has 0 aliphatic heterocycles. The summed E-state index contributed by atoms with van der Waals surface area (Å²) in [4.78, 5) is 0. The Morgan fingerprint density at radius 3 is 2.09 bits per heavy atom. The van der Waals surface area contributed by atoms with Gasteiger partial charge in [-0.2, -0.15) is 0 Å². The van der Waals surface area contributed by atoms with E-state index in [1.165, 1.54) is 16.5 Å². The summed E-state index contributed by atoms with van der Waals surface area (Å²) in [7, 11) is 0. The molecule has 8 aromatic carbocycles. The minimum absolute atomic E-state index is 0.775. The van der Waals surface area contributed by atoms with Gasteiger partial charge in [-0.25, -0.2) is 0 Å². The highest BCUT2D eigenvalue weighted by Crippen LogP contribution is 2.40. The molecule has 0 amide bonds. The summed E-state index contributed by atoms with van der Waals surface area (Å²) in [6.45, 7) is 2.08. The predicted molar refractivity (Wildman–Crippen MR) is 243 cm³/mol. The maximum atomic E-state index is 6.44. The van der Waals surface area contributed by atoms with Gasteiger partial charge in [0.25, 0.3) is 0 Å². The van der Waals surface area contributed by atoms with Gasteiger partial charge in [0.15, 0.2) is 0 Å². The lowest BCUT2D eigenvalue weighted by Gasteiger charge is -2.13. The van der Waals surface area contributed by atoms with Crippen molar-refractivity contribution in [2.75, 3.05) is 5.32 Å². The number of nitrogens with zero attached hydrogens (tertiary/aromatic N) is 1. The van der Waals surface area contributed by atoms with Crippen LogP contribution in [0.4, 0.5) is 11.4 Å². The third kappa shape index (κ3) is 5.69. The van der Waals surface area contributed by atoms with Crippen molar-refractivity contribution in [2.45, 2.75) is 13.3 Å². The normalized spacial score (nSPS) is 12.3. The maximum Gasteiger partial charge on any atom is 0.143 e. The van der Waals surface area contributed by atoms with Crippen molar-refractivity contribution < 1.29 is 8.83 Å². The SMILES string of the molecule is C/C=C\C(=C/Cc1ccc2c(c1)c1cc3oc4ccccc4c3cc1n2-c1ccc(-c2cccc3c2oc2ccccc23)cc1)c1ccccc1Nc1ccccc1. The fourth-order valence-corrected chi connectivity index (χ4v) is 8.65. The van der Waals surface area contributed by atoms with Crippen LogP contribution >= 0.6 is 0 Å². The topological polar surface area (TPSA) is 43.2 Å². The van der Waals surface area contributed by atoms with Crippen molar-refractivity contribution in [3.05, 3.63) is 205 Å². The monoisotopic (exact) mass is 746 g/mol. The molecular weight excluding hydrogens is 709 g/mol. The number of para-hydroxylation sites is 5. The molecule has 0 saturated heterocycles. The Bertz CT molecular complexity index is 3390. The van der Waals surface area contributed by atoms with Gasteiger partial charge >= 0.3 is 0 Å². The Labute approximate surface area is 335 Å². The minimum Gasteiger partial charge on any atom is -0.456 e. The van der Waals surface area contributed by atoms with Crippen LogP contribution in [0.15, 0.2) is 203 Å². The lowest BCUT2D eigenvalue weighted by atomic mass is 9.99. The van der Waals surface area contributed by atoms with Crippen LogP contribution in [-0.2, 0) is 6.42 Å². The van der Waals surface area contributed by atoms with E-state index in [0.29, 0.717) is 0 Å². The smallest absolute Gasteiger partial charge is 0.143 e. The van der Waals surface area contributed by atoms with E-state index in [4.69, 9.17) is 8.83 Å². The number of benzene rings is 8. The first-order chi connectivity index (χ1) is 28.7. The number of nitrogens with one attached hydrogen (secondary N) is 1. The summed E-state index contributed by atoms with van der Waals surface area (Å²) in [5, 5.41) is 10.5. The first-order valence-electron chi connectivity index (χ1n) is 19.8. The average Bonchev–Trinajstić information content (AvgIpc) is 3.94. The van der Waals surface area contributed by atoms with Gasteiger partial charge in [-0.15, -0.1) is 0 Å². The highest BCUT2D eigenvalue weighted by atomic mass is 16.3. The highest BCUT2D eigenvalue weighted by molar-refractivity contribution is 6.17. The summed E-state index contributed by atoms with van der Waals surface area (Å²) >= 11 is 0. The van der Waals surface area contributed by atoms with E-state index >= 15 is 0 Å². The van der Waals surface area contributed by atoms with Gasteiger partial charge in [-0.3, -0.25) is 0 Å². The second-order valence-electron chi connectivity index (χ2n) is 14.9.